The van der Waals surface area contributed by atoms with Crippen molar-refractivity contribution in [2.45, 2.75) is 51.9 Å². The first-order valence-corrected chi connectivity index (χ1v) is 8.27. The van der Waals surface area contributed by atoms with Gasteiger partial charge in [-0.2, -0.15) is 13.2 Å². The molecule has 0 radical (unpaired) electrons. The summed E-state index contributed by atoms with van der Waals surface area (Å²) in [5, 5.41) is 3.73. The van der Waals surface area contributed by atoms with Gasteiger partial charge in [-0.15, -0.1) is 11.3 Å². The normalized spacial score (nSPS) is 15.9. The fourth-order valence-electron chi connectivity index (χ4n) is 2.17. The molecule has 21 heavy (non-hydrogen) atoms. The van der Waals surface area contributed by atoms with Gasteiger partial charge in [-0.25, -0.2) is 4.98 Å². The molecule has 0 spiro atoms. The molecule has 0 amide bonds. The summed E-state index contributed by atoms with van der Waals surface area (Å²) in [6.45, 7) is 6.96. The molecule has 7 heteroatoms. The Labute approximate surface area is 127 Å². The maximum absolute atomic E-state index is 13.0. The fraction of sp³-hybridized carbons (Fsp3) is 0.786. The van der Waals surface area contributed by atoms with Gasteiger partial charge in [0.1, 0.15) is 0 Å². The minimum absolute atomic E-state index is 0.280. The van der Waals surface area contributed by atoms with Crippen LogP contribution < -0.4 is 5.32 Å². The molecule has 1 fully saturated rings. The molecular weight excluding hydrogens is 299 g/mol. The summed E-state index contributed by atoms with van der Waals surface area (Å²) in [5.74, 6) is 0. The summed E-state index contributed by atoms with van der Waals surface area (Å²) in [7, 11) is 0. The Kier molecular flexibility index (Phi) is 5.62. The average molecular weight is 321 g/mol. The molecule has 1 aliphatic rings. The van der Waals surface area contributed by atoms with Crippen LogP contribution in [0.4, 0.5) is 13.2 Å². The van der Waals surface area contributed by atoms with Gasteiger partial charge < -0.3 is 10.2 Å². The van der Waals surface area contributed by atoms with Crippen LogP contribution in [-0.2, 0) is 19.1 Å². The van der Waals surface area contributed by atoms with Gasteiger partial charge in [0.15, 0.2) is 5.69 Å². The maximum atomic E-state index is 13.0. The van der Waals surface area contributed by atoms with Gasteiger partial charge in [0.2, 0.25) is 0 Å². The average Bonchev–Trinajstić information content (AvgIpc) is 3.16. The van der Waals surface area contributed by atoms with Crippen LogP contribution in [0.15, 0.2) is 0 Å². The topological polar surface area (TPSA) is 28.2 Å². The van der Waals surface area contributed by atoms with Crippen molar-refractivity contribution in [1.82, 2.24) is 15.2 Å². The minimum atomic E-state index is -4.36. The largest absolute Gasteiger partial charge is 0.434 e. The lowest BCUT2D eigenvalue weighted by Gasteiger charge is -2.16. The van der Waals surface area contributed by atoms with E-state index in [1.54, 1.807) is 0 Å². The van der Waals surface area contributed by atoms with Crippen molar-refractivity contribution < 1.29 is 13.2 Å². The predicted molar refractivity (Wildman–Crippen MR) is 78.5 cm³/mol. The van der Waals surface area contributed by atoms with Crippen LogP contribution in [0.25, 0.3) is 0 Å². The third kappa shape index (κ3) is 4.93. The highest BCUT2D eigenvalue weighted by Gasteiger charge is 2.37. The van der Waals surface area contributed by atoms with E-state index in [-0.39, 0.29) is 6.54 Å². The molecule has 1 heterocycles. The highest BCUT2D eigenvalue weighted by Crippen LogP contribution is 2.35. The monoisotopic (exact) mass is 321 g/mol. The molecule has 1 N–H and O–H groups in total. The van der Waals surface area contributed by atoms with Gasteiger partial charge in [-0.05, 0) is 25.9 Å². The summed E-state index contributed by atoms with van der Waals surface area (Å²) < 4.78 is 39.1. The lowest BCUT2D eigenvalue weighted by Crippen LogP contribution is -2.25. The second kappa shape index (κ2) is 7.07. The zero-order valence-electron chi connectivity index (χ0n) is 12.5. The van der Waals surface area contributed by atoms with Crippen LogP contribution in [-0.4, -0.2) is 35.6 Å². The Hall–Kier alpha value is -0.660. The first-order chi connectivity index (χ1) is 9.94. The van der Waals surface area contributed by atoms with Crippen LogP contribution in [0, 0.1) is 0 Å². The van der Waals surface area contributed by atoms with Crippen molar-refractivity contribution in [1.29, 1.82) is 0 Å². The van der Waals surface area contributed by atoms with Crippen molar-refractivity contribution in [3.8, 4) is 0 Å². The number of likely N-dealkylation sites (N-methyl/N-ethyl adjacent to an activating group) is 1. The number of hydrogen-bond acceptors (Lipinski definition) is 4. The van der Waals surface area contributed by atoms with E-state index in [0.717, 1.165) is 32.5 Å². The molecule has 0 saturated heterocycles. The number of nitrogens with zero attached hydrogens (tertiary/aromatic N) is 2. The van der Waals surface area contributed by atoms with Gasteiger partial charge in [0.05, 0.1) is 9.88 Å². The maximum Gasteiger partial charge on any atom is 0.434 e. The van der Waals surface area contributed by atoms with E-state index in [2.05, 4.69) is 29.0 Å². The van der Waals surface area contributed by atoms with Gasteiger partial charge in [-0.3, -0.25) is 0 Å². The van der Waals surface area contributed by atoms with E-state index in [1.165, 1.54) is 11.3 Å². The van der Waals surface area contributed by atoms with E-state index >= 15 is 0 Å². The van der Waals surface area contributed by atoms with Crippen molar-refractivity contribution in [3.05, 3.63) is 15.6 Å². The van der Waals surface area contributed by atoms with Gasteiger partial charge in [0.25, 0.3) is 0 Å². The first-order valence-electron chi connectivity index (χ1n) is 7.45. The molecule has 3 nitrogen and oxygen atoms in total. The van der Waals surface area contributed by atoms with Gasteiger partial charge in [0, 0.05) is 25.6 Å². The molecule has 0 atom stereocenters. The number of thiazole rings is 1. The van der Waals surface area contributed by atoms with Gasteiger partial charge in [-0.1, -0.05) is 13.8 Å². The Morgan fingerprint density at radius 2 is 1.95 bits per heavy atom. The van der Waals surface area contributed by atoms with E-state index < -0.39 is 11.9 Å². The Morgan fingerprint density at radius 1 is 1.29 bits per heavy atom. The van der Waals surface area contributed by atoms with Crippen molar-refractivity contribution in [2.24, 2.45) is 0 Å². The third-order valence-corrected chi connectivity index (χ3v) is 4.79. The molecule has 1 saturated carbocycles. The molecule has 1 aromatic rings. The molecule has 0 aliphatic heterocycles. The number of nitrogens with one attached hydrogen (secondary N) is 1. The molecule has 0 unspecified atom stereocenters. The zero-order chi connectivity index (χ0) is 15.5. The summed E-state index contributed by atoms with van der Waals surface area (Å²) in [5.41, 5.74) is -0.699. The second-order valence-corrected chi connectivity index (χ2v) is 6.48. The van der Waals surface area contributed by atoms with Crippen LogP contribution in [0.2, 0.25) is 0 Å². The fourth-order valence-corrected chi connectivity index (χ4v) is 3.19. The number of aromatic nitrogens is 1. The SMILES string of the molecule is CCN(CC)CCc1nc(C(F)(F)F)c(CNC2CC2)s1. The van der Waals surface area contributed by atoms with Crippen LogP contribution in [0.5, 0.6) is 0 Å². The van der Waals surface area contributed by atoms with E-state index in [4.69, 9.17) is 0 Å². The van der Waals surface area contributed by atoms with Crippen molar-refractivity contribution in [2.75, 3.05) is 19.6 Å². The first kappa shape index (κ1) is 16.7. The molecule has 1 aliphatic carbocycles. The van der Waals surface area contributed by atoms with E-state index in [1.807, 2.05) is 0 Å². The molecule has 0 aromatic carbocycles. The summed E-state index contributed by atoms with van der Waals surface area (Å²) >= 11 is 1.20. The Balaban J connectivity index is 2.03. The van der Waals surface area contributed by atoms with E-state index in [0.29, 0.717) is 22.3 Å². The zero-order valence-corrected chi connectivity index (χ0v) is 13.3. The lowest BCUT2D eigenvalue weighted by atomic mass is 10.3. The molecular formula is C14H22F3N3S. The van der Waals surface area contributed by atoms with Crippen molar-refractivity contribution in [3.63, 3.8) is 0 Å². The molecule has 120 valence electrons. The van der Waals surface area contributed by atoms with Crippen LogP contribution in [0.1, 0.15) is 42.3 Å². The number of hydrogen-bond donors (Lipinski definition) is 1. The minimum Gasteiger partial charge on any atom is -0.309 e. The summed E-state index contributed by atoms with van der Waals surface area (Å²) in [4.78, 5) is 6.36. The predicted octanol–water partition coefficient (Wildman–Crippen LogP) is 3.30. The molecule has 2 rings (SSSR count). The van der Waals surface area contributed by atoms with Crippen LogP contribution in [0.3, 0.4) is 0 Å². The smallest absolute Gasteiger partial charge is 0.309 e. The van der Waals surface area contributed by atoms with Gasteiger partial charge >= 0.3 is 6.18 Å². The highest BCUT2D eigenvalue weighted by atomic mass is 32.1. The number of rotatable bonds is 8. The standard InChI is InChI=1S/C14H22F3N3S/c1-3-20(4-2)8-7-12-19-13(14(15,16)17)11(21-12)9-18-10-5-6-10/h10,18H,3-9H2,1-2H3. The quantitative estimate of drug-likeness (QED) is 0.796. The van der Waals surface area contributed by atoms with E-state index in [9.17, 15) is 13.2 Å². The highest BCUT2D eigenvalue weighted by molar-refractivity contribution is 7.11. The lowest BCUT2D eigenvalue weighted by molar-refractivity contribution is -0.141. The third-order valence-electron chi connectivity index (χ3n) is 3.68. The Bertz CT molecular complexity index is 451. The van der Waals surface area contributed by atoms with Crippen molar-refractivity contribution >= 4 is 11.3 Å². The second-order valence-electron chi connectivity index (χ2n) is 5.31. The Morgan fingerprint density at radius 3 is 2.48 bits per heavy atom. The molecule has 1 aromatic heterocycles. The van der Waals surface area contributed by atoms with Crippen LogP contribution >= 0.6 is 11.3 Å². The number of alkyl halides is 3. The summed E-state index contributed by atoms with van der Waals surface area (Å²) in [6, 6.07) is 0.396. The summed E-state index contributed by atoms with van der Waals surface area (Å²) in [6.07, 6.45) is -1.65. The molecule has 0 bridgehead atoms. The number of halogens is 3.